The number of ether oxygens (including phenoxy) is 2. The average Bonchev–Trinajstić information content (AvgIpc) is 3.26. The molecular weight excluding hydrogens is 352 g/mol. The van der Waals surface area contributed by atoms with Gasteiger partial charge in [-0.1, -0.05) is 11.3 Å². The van der Waals surface area contributed by atoms with E-state index in [-0.39, 0.29) is 5.91 Å². The molecule has 0 aliphatic rings. The van der Waals surface area contributed by atoms with Gasteiger partial charge >= 0.3 is 0 Å². The van der Waals surface area contributed by atoms with Gasteiger partial charge in [-0.3, -0.25) is 9.48 Å². The van der Waals surface area contributed by atoms with Gasteiger partial charge in [-0.2, -0.15) is 10.1 Å². The minimum absolute atomic E-state index is 0.346. The fourth-order valence-corrected chi connectivity index (χ4v) is 3.66. The highest BCUT2D eigenvalue weighted by Crippen LogP contribution is 2.23. The summed E-state index contributed by atoms with van der Waals surface area (Å²) in [5.41, 5.74) is 1.35. The largest absolute Gasteiger partial charge is 0.497 e. The highest BCUT2D eigenvalue weighted by atomic mass is 32.1. The van der Waals surface area contributed by atoms with E-state index in [0.29, 0.717) is 36.8 Å². The predicted octanol–water partition coefficient (Wildman–Crippen LogP) is 2.71. The van der Waals surface area contributed by atoms with Crippen LogP contribution in [0.5, 0.6) is 5.75 Å². The van der Waals surface area contributed by atoms with Crippen LogP contribution in [-0.4, -0.2) is 40.6 Å². The van der Waals surface area contributed by atoms with Crippen molar-refractivity contribution in [3.8, 4) is 5.75 Å². The number of carbonyl (C=O) groups is 1. The zero-order valence-electron chi connectivity index (χ0n) is 15.1. The van der Waals surface area contributed by atoms with E-state index >= 15 is 0 Å². The van der Waals surface area contributed by atoms with Gasteiger partial charge in [0.1, 0.15) is 5.75 Å². The maximum atomic E-state index is 12.5. The van der Waals surface area contributed by atoms with Crippen LogP contribution in [0.2, 0.25) is 0 Å². The van der Waals surface area contributed by atoms with Gasteiger partial charge < -0.3 is 14.0 Å². The summed E-state index contributed by atoms with van der Waals surface area (Å²) in [5, 5.41) is 4.24. The lowest BCUT2D eigenvalue weighted by Crippen LogP contribution is -2.20. The molecule has 1 amide bonds. The molecule has 0 N–H and O–H groups in total. The molecular formula is C18H22N4O3S. The molecule has 0 saturated carbocycles. The maximum absolute atomic E-state index is 12.5. The van der Waals surface area contributed by atoms with Crippen molar-refractivity contribution in [3.63, 3.8) is 0 Å². The molecule has 7 nitrogen and oxygen atoms in total. The lowest BCUT2D eigenvalue weighted by atomic mass is 10.3. The lowest BCUT2D eigenvalue weighted by molar-refractivity contribution is 0.0991. The van der Waals surface area contributed by atoms with Crippen molar-refractivity contribution in [1.82, 2.24) is 14.3 Å². The molecule has 1 aromatic carbocycles. The van der Waals surface area contributed by atoms with E-state index in [1.807, 2.05) is 36.6 Å². The fraction of sp³-hybridized carbons (Fsp3) is 0.389. The van der Waals surface area contributed by atoms with E-state index in [9.17, 15) is 4.79 Å². The summed E-state index contributed by atoms with van der Waals surface area (Å²) in [7, 11) is 1.64. The standard InChI is InChI=1S/C18H22N4O3S/c1-4-21-9-8-14(20-21)17(23)19-18-22(10-11-25-5-2)15-7-6-13(24-3)12-16(15)26-18/h6-9,12H,4-5,10-11H2,1-3H3. The summed E-state index contributed by atoms with van der Waals surface area (Å²) in [6.07, 6.45) is 1.78. The summed E-state index contributed by atoms with van der Waals surface area (Å²) in [6.45, 7) is 6.47. The van der Waals surface area contributed by atoms with E-state index in [0.717, 1.165) is 16.0 Å². The number of rotatable bonds is 7. The number of methoxy groups -OCH3 is 1. The first-order valence-electron chi connectivity index (χ1n) is 8.54. The number of thiazole rings is 1. The molecule has 0 unspecified atom stereocenters. The zero-order valence-corrected chi connectivity index (χ0v) is 16.0. The van der Waals surface area contributed by atoms with Crippen molar-refractivity contribution in [1.29, 1.82) is 0 Å². The smallest absolute Gasteiger partial charge is 0.300 e. The van der Waals surface area contributed by atoms with Crippen LogP contribution >= 0.6 is 11.3 Å². The Morgan fingerprint density at radius 2 is 2.15 bits per heavy atom. The zero-order chi connectivity index (χ0) is 18.5. The molecule has 26 heavy (non-hydrogen) atoms. The number of aromatic nitrogens is 3. The second-order valence-corrected chi connectivity index (χ2v) is 6.55. The Morgan fingerprint density at radius 1 is 1.31 bits per heavy atom. The summed E-state index contributed by atoms with van der Waals surface area (Å²) >= 11 is 1.45. The third-order valence-electron chi connectivity index (χ3n) is 3.93. The van der Waals surface area contributed by atoms with Gasteiger partial charge in [-0.05, 0) is 38.1 Å². The molecule has 0 saturated heterocycles. The molecule has 2 heterocycles. The molecule has 3 aromatic rings. The van der Waals surface area contributed by atoms with E-state index in [4.69, 9.17) is 9.47 Å². The van der Waals surface area contributed by atoms with Crippen molar-refractivity contribution >= 4 is 27.5 Å². The number of carbonyl (C=O) groups excluding carboxylic acids is 1. The minimum Gasteiger partial charge on any atom is -0.497 e. The third kappa shape index (κ3) is 3.86. The monoisotopic (exact) mass is 374 g/mol. The Balaban J connectivity index is 2.03. The van der Waals surface area contributed by atoms with Crippen LogP contribution in [-0.2, 0) is 17.8 Å². The molecule has 0 bridgehead atoms. The second kappa shape index (κ2) is 8.29. The van der Waals surface area contributed by atoms with Crippen molar-refractivity contribution < 1.29 is 14.3 Å². The number of amides is 1. The first kappa shape index (κ1) is 18.3. The van der Waals surface area contributed by atoms with Crippen LogP contribution in [0.1, 0.15) is 24.3 Å². The van der Waals surface area contributed by atoms with E-state index in [2.05, 4.69) is 10.1 Å². The molecule has 0 spiro atoms. The molecule has 138 valence electrons. The van der Waals surface area contributed by atoms with E-state index in [1.54, 1.807) is 24.1 Å². The Hall–Kier alpha value is -2.45. The normalized spacial score (nSPS) is 12.0. The maximum Gasteiger partial charge on any atom is 0.300 e. The number of hydrogen-bond donors (Lipinski definition) is 0. The van der Waals surface area contributed by atoms with Crippen LogP contribution in [0, 0.1) is 0 Å². The minimum atomic E-state index is -0.346. The molecule has 0 aliphatic carbocycles. The lowest BCUT2D eigenvalue weighted by Gasteiger charge is -2.06. The first-order valence-corrected chi connectivity index (χ1v) is 9.35. The van der Waals surface area contributed by atoms with Crippen LogP contribution in [0.3, 0.4) is 0 Å². The molecule has 3 rings (SSSR count). The predicted molar refractivity (Wildman–Crippen MR) is 101 cm³/mol. The van der Waals surface area contributed by atoms with E-state index < -0.39 is 0 Å². The average molecular weight is 374 g/mol. The van der Waals surface area contributed by atoms with Crippen LogP contribution in [0.15, 0.2) is 35.5 Å². The van der Waals surface area contributed by atoms with Crippen LogP contribution < -0.4 is 9.54 Å². The van der Waals surface area contributed by atoms with E-state index in [1.165, 1.54) is 11.3 Å². The number of nitrogens with zero attached hydrogens (tertiary/aromatic N) is 4. The summed E-state index contributed by atoms with van der Waals surface area (Å²) in [6, 6.07) is 7.52. The van der Waals surface area contributed by atoms with Gasteiger partial charge in [0.05, 0.1) is 23.9 Å². The molecule has 2 aromatic heterocycles. The van der Waals surface area contributed by atoms with Crippen molar-refractivity contribution in [2.45, 2.75) is 26.9 Å². The Morgan fingerprint density at radius 3 is 2.85 bits per heavy atom. The summed E-state index contributed by atoms with van der Waals surface area (Å²) in [5.74, 6) is 0.427. The topological polar surface area (TPSA) is 70.6 Å². The molecule has 0 fully saturated rings. The second-order valence-electron chi connectivity index (χ2n) is 5.54. The molecule has 0 radical (unpaired) electrons. The molecule has 8 heteroatoms. The number of hydrogen-bond acceptors (Lipinski definition) is 5. The number of aryl methyl sites for hydroxylation is 1. The first-order chi connectivity index (χ1) is 12.7. The highest BCUT2D eigenvalue weighted by Gasteiger charge is 2.12. The van der Waals surface area contributed by atoms with Gasteiger partial charge in [0.15, 0.2) is 10.5 Å². The third-order valence-corrected chi connectivity index (χ3v) is 4.98. The molecule has 0 aliphatic heterocycles. The van der Waals surface area contributed by atoms with Gasteiger partial charge in [0.2, 0.25) is 0 Å². The quantitative estimate of drug-likeness (QED) is 0.596. The number of fused-ring (bicyclic) bond motifs is 1. The van der Waals surface area contributed by atoms with Gasteiger partial charge in [0.25, 0.3) is 5.91 Å². The van der Waals surface area contributed by atoms with Crippen molar-refractivity contribution in [2.24, 2.45) is 4.99 Å². The summed E-state index contributed by atoms with van der Waals surface area (Å²) < 4.78 is 15.5. The highest BCUT2D eigenvalue weighted by molar-refractivity contribution is 7.16. The molecule has 0 atom stereocenters. The van der Waals surface area contributed by atoms with Gasteiger partial charge in [-0.15, -0.1) is 0 Å². The Labute approximate surface area is 155 Å². The Kier molecular flexibility index (Phi) is 5.85. The summed E-state index contributed by atoms with van der Waals surface area (Å²) in [4.78, 5) is 17.5. The van der Waals surface area contributed by atoms with Crippen molar-refractivity contribution in [3.05, 3.63) is 41.0 Å². The fourth-order valence-electron chi connectivity index (χ4n) is 2.58. The van der Waals surface area contributed by atoms with Gasteiger partial charge in [-0.25, -0.2) is 0 Å². The number of benzene rings is 1. The van der Waals surface area contributed by atoms with Crippen LogP contribution in [0.25, 0.3) is 10.2 Å². The Bertz CT molecular complexity index is 970. The van der Waals surface area contributed by atoms with Crippen molar-refractivity contribution in [2.75, 3.05) is 20.3 Å². The SMILES string of the molecule is CCOCCn1c(=NC(=O)c2ccn(CC)n2)sc2cc(OC)ccc21. The van der Waals surface area contributed by atoms with Gasteiger partial charge in [0, 0.05) is 25.9 Å². The van der Waals surface area contributed by atoms with Crippen LogP contribution in [0.4, 0.5) is 0 Å².